The van der Waals surface area contributed by atoms with Crippen molar-refractivity contribution in [2.75, 3.05) is 13.1 Å². The Morgan fingerprint density at radius 1 is 1.13 bits per heavy atom. The lowest BCUT2D eigenvalue weighted by Crippen LogP contribution is -2.23. The zero-order valence-electron chi connectivity index (χ0n) is 8.95. The van der Waals surface area contributed by atoms with Crippen molar-refractivity contribution in [1.29, 1.82) is 0 Å². The van der Waals surface area contributed by atoms with Gasteiger partial charge in [0, 0.05) is 31.9 Å². The Kier molecular flexibility index (Phi) is 3.71. The van der Waals surface area contributed by atoms with Crippen molar-refractivity contribution in [3.05, 3.63) is 30.1 Å². The standard InChI is InChI=1S/C12H17N3/c1-2-8-15-12(14-7-1)4-3-11-5-9-13-10-6-11/h5-6,9-10H,1-4,7-8H2,(H,14,15). The van der Waals surface area contributed by atoms with E-state index in [1.165, 1.54) is 24.2 Å². The Labute approximate surface area is 90.6 Å². The van der Waals surface area contributed by atoms with Gasteiger partial charge in [0.2, 0.25) is 0 Å². The van der Waals surface area contributed by atoms with Crippen LogP contribution in [-0.4, -0.2) is 23.9 Å². The van der Waals surface area contributed by atoms with Crippen LogP contribution in [0.25, 0.3) is 0 Å². The second kappa shape index (κ2) is 5.49. The number of nitrogens with one attached hydrogen (secondary N) is 1. The molecule has 1 aliphatic heterocycles. The smallest absolute Gasteiger partial charge is 0.0966 e. The molecule has 0 aliphatic carbocycles. The highest BCUT2D eigenvalue weighted by Gasteiger charge is 2.03. The van der Waals surface area contributed by atoms with Crippen molar-refractivity contribution < 1.29 is 0 Å². The molecule has 1 N–H and O–H groups in total. The maximum absolute atomic E-state index is 4.53. The minimum Gasteiger partial charge on any atom is -0.374 e. The molecule has 0 unspecified atom stereocenters. The lowest BCUT2D eigenvalue weighted by Gasteiger charge is -2.06. The second-order valence-corrected chi connectivity index (χ2v) is 3.82. The maximum Gasteiger partial charge on any atom is 0.0966 e. The fraction of sp³-hybridized carbons (Fsp3) is 0.500. The molecule has 0 amide bonds. The van der Waals surface area contributed by atoms with E-state index in [2.05, 4.69) is 27.4 Å². The topological polar surface area (TPSA) is 37.3 Å². The van der Waals surface area contributed by atoms with Gasteiger partial charge in [-0.15, -0.1) is 0 Å². The number of nitrogens with zero attached hydrogens (tertiary/aromatic N) is 2. The predicted octanol–water partition coefficient (Wildman–Crippen LogP) is 1.80. The zero-order valence-corrected chi connectivity index (χ0v) is 8.95. The zero-order chi connectivity index (χ0) is 10.3. The molecule has 0 atom stereocenters. The molecule has 0 spiro atoms. The van der Waals surface area contributed by atoms with E-state index in [9.17, 15) is 0 Å². The van der Waals surface area contributed by atoms with Gasteiger partial charge in [-0.05, 0) is 37.0 Å². The summed E-state index contributed by atoms with van der Waals surface area (Å²) in [6, 6.07) is 4.13. The Morgan fingerprint density at radius 2 is 2.00 bits per heavy atom. The molecule has 80 valence electrons. The van der Waals surface area contributed by atoms with Gasteiger partial charge in [0.1, 0.15) is 0 Å². The Morgan fingerprint density at radius 3 is 2.87 bits per heavy atom. The first kappa shape index (κ1) is 10.1. The highest BCUT2D eigenvalue weighted by atomic mass is 15.0. The van der Waals surface area contributed by atoms with Crippen LogP contribution in [0.15, 0.2) is 29.5 Å². The average Bonchev–Trinajstić information content (AvgIpc) is 2.56. The van der Waals surface area contributed by atoms with Crippen LogP contribution in [0.5, 0.6) is 0 Å². The molecule has 3 nitrogen and oxygen atoms in total. The van der Waals surface area contributed by atoms with Crippen molar-refractivity contribution in [3.63, 3.8) is 0 Å². The van der Waals surface area contributed by atoms with Gasteiger partial charge in [-0.2, -0.15) is 0 Å². The first-order chi connectivity index (χ1) is 7.45. The predicted molar refractivity (Wildman–Crippen MR) is 62.1 cm³/mol. The van der Waals surface area contributed by atoms with E-state index in [1.807, 2.05) is 12.4 Å². The first-order valence-electron chi connectivity index (χ1n) is 5.61. The monoisotopic (exact) mass is 203 g/mol. The summed E-state index contributed by atoms with van der Waals surface area (Å²) < 4.78 is 0. The Bertz CT molecular complexity index is 319. The molecular formula is C12H17N3. The van der Waals surface area contributed by atoms with E-state index in [-0.39, 0.29) is 0 Å². The lowest BCUT2D eigenvalue weighted by molar-refractivity contribution is 0.747. The van der Waals surface area contributed by atoms with Gasteiger partial charge in [-0.1, -0.05) is 0 Å². The Balaban J connectivity index is 1.84. The molecule has 0 saturated carbocycles. The second-order valence-electron chi connectivity index (χ2n) is 3.82. The number of hydrogen-bond donors (Lipinski definition) is 1. The fourth-order valence-corrected chi connectivity index (χ4v) is 1.72. The van der Waals surface area contributed by atoms with Gasteiger partial charge in [0.25, 0.3) is 0 Å². The minimum atomic E-state index is 0.985. The molecule has 0 bridgehead atoms. The molecular weight excluding hydrogens is 186 g/mol. The summed E-state index contributed by atoms with van der Waals surface area (Å²) in [5, 5.41) is 3.39. The van der Waals surface area contributed by atoms with Crippen LogP contribution in [0.3, 0.4) is 0 Å². The number of pyridine rings is 1. The van der Waals surface area contributed by atoms with Crippen LogP contribution in [0.4, 0.5) is 0 Å². The van der Waals surface area contributed by atoms with Crippen LogP contribution in [0.2, 0.25) is 0 Å². The molecule has 1 aromatic rings. The number of aliphatic imine (C=N–C) groups is 1. The summed E-state index contributed by atoms with van der Waals surface area (Å²) in [7, 11) is 0. The van der Waals surface area contributed by atoms with Crippen LogP contribution < -0.4 is 5.32 Å². The number of hydrogen-bond acceptors (Lipinski definition) is 3. The summed E-state index contributed by atoms with van der Waals surface area (Å²) in [4.78, 5) is 8.54. The maximum atomic E-state index is 4.53. The highest BCUT2D eigenvalue weighted by molar-refractivity contribution is 5.82. The normalized spacial score (nSPS) is 16.4. The summed E-state index contributed by atoms with van der Waals surface area (Å²) in [5.41, 5.74) is 1.33. The molecule has 2 heterocycles. The van der Waals surface area contributed by atoms with Gasteiger partial charge in [0.05, 0.1) is 5.84 Å². The van der Waals surface area contributed by atoms with Crippen molar-refractivity contribution in [1.82, 2.24) is 10.3 Å². The minimum absolute atomic E-state index is 0.985. The van der Waals surface area contributed by atoms with Crippen molar-refractivity contribution in [2.45, 2.75) is 25.7 Å². The van der Waals surface area contributed by atoms with E-state index < -0.39 is 0 Å². The summed E-state index contributed by atoms with van der Waals surface area (Å²) in [5.74, 6) is 1.17. The Hall–Kier alpha value is -1.38. The number of aromatic nitrogens is 1. The molecule has 0 saturated heterocycles. The molecule has 15 heavy (non-hydrogen) atoms. The highest BCUT2D eigenvalue weighted by Crippen LogP contribution is 2.03. The van der Waals surface area contributed by atoms with Crippen LogP contribution in [-0.2, 0) is 6.42 Å². The molecule has 3 heteroatoms. The van der Waals surface area contributed by atoms with Gasteiger partial charge in [0.15, 0.2) is 0 Å². The summed E-state index contributed by atoms with van der Waals surface area (Å²) >= 11 is 0. The third-order valence-electron chi connectivity index (χ3n) is 2.62. The van der Waals surface area contributed by atoms with Gasteiger partial charge in [-0.25, -0.2) is 0 Å². The van der Waals surface area contributed by atoms with Gasteiger partial charge >= 0.3 is 0 Å². The van der Waals surface area contributed by atoms with E-state index >= 15 is 0 Å². The molecule has 0 aromatic carbocycles. The molecule has 0 radical (unpaired) electrons. The molecule has 2 rings (SSSR count). The van der Waals surface area contributed by atoms with Crippen LogP contribution in [0, 0.1) is 0 Å². The van der Waals surface area contributed by atoms with Crippen molar-refractivity contribution >= 4 is 5.84 Å². The SMILES string of the molecule is c1cc(CCC2=NCCCCN2)ccn1. The summed E-state index contributed by atoms with van der Waals surface area (Å²) in [6.07, 6.45) is 8.21. The van der Waals surface area contributed by atoms with Crippen molar-refractivity contribution in [3.8, 4) is 0 Å². The third-order valence-corrected chi connectivity index (χ3v) is 2.62. The van der Waals surface area contributed by atoms with Crippen LogP contribution in [0.1, 0.15) is 24.8 Å². The van der Waals surface area contributed by atoms with Gasteiger partial charge in [-0.3, -0.25) is 9.98 Å². The quantitative estimate of drug-likeness (QED) is 0.813. The molecule has 0 fully saturated rings. The largest absolute Gasteiger partial charge is 0.374 e. The lowest BCUT2D eigenvalue weighted by atomic mass is 10.1. The third kappa shape index (κ3) is 3.35. The van der Waals surface area contributed by atoms with Gasteiger partial charge < -0.3 is 5.32 Å². The number of aryl methyl sites for hydroxylation is 1. The fourth-order valence-electron chi connectivity index (χ4n) is 1.72. The van der Waals surface area contributed by atoms with Crippen molar-refractivity contribution in [2.24, 2.45) is 4.99 Å². The number of amidine groups is 1. The summed E-state index contributed by atoms with van der Waals surface area (Å²) in [6.45, 7) is 2.06. The van der Waals surface area contributed by atoms with Crippen LogP contribution >= 0.6 is 0 Å². The van der Waals surface area contributed by atoms with E-state index in [0.29, 0.717) is 0 Å². The molecule has 1 aliphatic rings. The number of rotatable bonds is 3. The van der Waals surface area contributed by atoms with E-state index in [1.54, 1.807) is 0 Å². The average molecular weight is 203 g/mol. The van der Waals surface area contributed by atoms with E-state index in [0.717, 1.165) is 25.9 Å². The first-order valence-corrected chi connectivity index (χ1v) is 5.61. The molecule has 1 aromatic heterocycles. The van der Waals surface area contributed by atoms with E-state index in [4.69, 9.17) is 0 Å².